The van der Waals surface area contributed by atoms with Crippen LogP contribution in [0.25, 0.3) is 0 Å². The first-order valence-electron chi connectivity index (χ1n) is 5.55. The van der Waals surface area contributed by atoms with Gasteiger partial charge in [-0.15, -0.1) is 0 Å². The van der Waals surface area contributed by atoms with Crippen LogP contribution in [0, 0.1) is 0 Å². The van der Waals surface area contributed by atoms with Crippen LogP contribution >= 0.6 is 0 Å². The molecule has 0 fully saturated rings. The van der Waals surface area contributed by atoms with Crippen LogP contribution in [0.5, 0.6) is 0 Å². The average molecular weight is 232 g/mol. The van der Waals surface area contributed by atoms with E-state index >= 15 is 0 Å². The largest absolute Gasteiger partial charge is 0.255 e. The molecule has 2 heteroatoms. The molecule has 0 unspecified atom stereocenters. The molecule has 0 aliphatic carbocycles. The predicted octanol–water partition coefficient (Wildman–Crippen LogP) is 4.51. The highest BCUT2D eigenvalue weighted by Crippen LogP contribution is 2.11. The average Bonchev–Trinajstić information content (AvgIpc) is 2.44. The van der Waals surface area contributed by atoms with E-state index in [9.17, 15) is 0 Å². The Bertz CT molecular complexity index is 317. The maximum Gasteiger partial charge on any atom is -0.0219 e. The zero-order valence-corrected chi connectivity index (χ0v) is 10.3. The summed E-state index contributed by atoms with van der Waals surface area (Å²) in [6, 6.07) is 22.5. The van der Waals surface area contributed by atoms with E-state index in [2.05, 4.69) is 38.1 Å². The second-order valence-corrected chi connectivity index (χ2v) is 3.72. The van der Waals surface area contributed by atoms with Crippen molar-refractivity contribution in [3.05, 3.63) is 72.3 Å². The van der Waals surface area contributed by atoms with Gasteiger partial charge in [0.05, 0.1) is 0 Å². The quantitative estimate of drug-likeness (QED) is 0.561. The van der Waals surface area contributed by atoms with Crippen LogP contribution in [0.3, 0.4) is 0 Å². The van der Waals surface area contributed by atoms with Gasteiger partial charge in [0.15, 0.2) is 0 Å². The summed E-state index contributed by atoms with van der Waals surface area (Å²) in [7, 11) is 0. The molecular formula is C15H20O2. The van der Waals surface area contributed by atoms with Gasteiger partial charge in [0.25, 0.3) is 0 Å². The molecule has 2 aromatic rings. The van der Waals surface area contributed by atoms with Crippen LogP contribution in [0.2, 0.25) is 0 Å². The molecule has 0 saturated heterocycles. The van der Waals surface area contributed by atoms with Crippen LogP contribution in [0.4, 0.5) is 0 Å². The molecule has 2 aromatic carbocycles. The summed E-state index contributed by atoms with van der Waals surface area (Å²) in [5.41, 5.74) is 1.41. The van der Waals surface area contributed by atoms with Crippen molar-refractivity contribution >= 4 is 0 Å². The Morgan fingerprint density at radius 1 is 0.647 bits per heavy atom. The van der Waals surface area contributed by atoms with E-state index in [0.717, 1.165) is 0 Å². The van der Waals surface area contributed by atoms with E-state index < -0.39 is 0 Å². The third kappa shape index (κ3) is 8.20. The van der Waals surface area contributed by atoms with Crippen molar-refractivity contribution in [3.63, 3.8) is 0 Å². The molecule has 0 saturated carbocycles. The van der Waals surface area contributed by atoms with Gasteiger partial charge in [0.2, 0.25) is 0 Å². The molecule has 0 aliphatic rings. The summed E-state index contributed by atoms with van der Waals surface area (Å²) >= 11 is 0. The molecule has 0 heterocycles. The van der Waals surface area contributed by atoms with E-state index in [1.165, 1.54) is 5.56 Å². The monoisotopic (exact) mass is 232 g/mol. The minimum Gasteiger partial charge on any atom is -0.255 e. The van der Waals surface area contributed by atoms with Gasteiger partial charge in [-0.3, -0.25) is 10.5 Å². The number of hydrogen-bond donors (Lipinski definition) is 2. The van der Waals surface area contributed by atoms with Gasteiger partial charge in [-0.1, -0.05) is 80.6 Å². The molecule has 0 bridgehead atoms. The minimum absolute atomic E-state index is 0.659. The summed E-state index contributed by atoms with van der Waals surface area (Å²) in [6.07, 6.45) is 0. The Hall–Kier alpha value is -1.64. The summed E-state index contributed by atoms with van der Waals surface area (Å²) < 4.78 is 0. The molecule has 92 valence electrons. The molecule has 2 nitrogen and oxygen atoms in total. The zero-order valence-electron chi connectivity index (χ0n) is 10.3. The van der Waals surface area contributed by atoms with E-state index in [-0.39, 0.29) is 0 Å². The molecule has 0 atom stereocenters. The molecular weight excluding hydrogens is 212 g/mol. The number of benzene rings is 2. The van der Waals surface area contributed by atoms with Crippen LogP contribution < -0.4 is 0 Å². The van der Waals surface area contributed by atoms with Gasteiger partial charge in [-0.2, -0.15) is 0 Å². The van der Waals surface area contributed by atoms with Crippen molar-refractivity contribution in [2.75, 3.05) is 0 Å². The summed E-state index contributed by atoms with van der Waals surface area (Å²) in [5.74, 6) is 0.659. The third-order valence-corrected chi connectivity index (χ3v) is 2.13. The van der Waals surface area contributed by atoms with Crippen LogP contribution in [-0.4, -0.2) is 10.5 Å². The van der Waals surface area contributed by atoms with Crippen molar-refractivity contribution in [2.24, 2.45) is 0 Å². The molecule has 0 aliphatic heterocycles. The van der Waals surface area contributed by atoms with Crippen LogP contribution in [-0.2, 0) is 0 Å². The fraction of sp³-hybridized carbons (Fsp3) is 0.200. The second-order valence-electron chi connectivity index (χ2n) is 3.72. The zero-order chi connectivity index (χ0) is 12.9. The summed E-state index contributed by atoms with van der Waals surface area (Å²) in [4.78, 5) is 0. The van der Waals surface area contributed by atoms with Crippen molar-refractivity contribution in [1.29, 1.82) is 0 Å². The Balaban J connectivity index is 0.000000278. The Labute approximate surface area is 103 Å². The first-order valence-corrected chi connectivity index (χ1v) is 5.55. The summed E-state index contributed by atoms with van der Waals surface area (Å²) in [5, 5.41) is 12.0. The first kappa shape index (κ1) is 15.4. The van der Waals surface area contributed by atoms with Crippen molar-refractivity contribution < 1.29 is 10.5 Å². The van der Waals surface area contributed by atoms with Crippen LogP contribution in [0.1, 0.15) is 25.3 Å². The Kier molecular flexibility index (Phi) is 9.82. The van der Waals surface area contributed by atoms with Gasteiger partial charge in [-0.25, -0.2) is 0 Å². The lowest BCUT2D eigenvalue weighted by molar-refractivity contribution is -0.176. The lowest BCUT2D eigenvalue weighted by atomic mass is 10.0. The minimum atomic E-state index is 0.659. The molecule has 2 rings (SSSR count). The fourth-order valence-corrected chi connectivity index (χ4v) is 1.22. The second kappa shape index (κ2) is 10.9. The topological polar surface area (TPSA) is 40.5 Å². The van der Waals surface area contributed by atoms with Gasteiger partial charge in [0.1, 0.15) is 0 Å². The highest BCUT2D eigenvalue weighted by Gasteiger charge is 1.93. The predicted molar refractivity (Wildman–Crippen MR) is 72.2 cm³/mol. The van der Waals surface area contributed by atoms with Crippen molar-refractivity contribution in [3.8, 4) is 0 Å². The number of hydrogen-bond acceptors (Lipinski definition) is 2. The van der Waals surface area contributed by atoms with E-state index in [0.29, 0.717) is 5.92 Å². The maximum atomic E-state index is 6.00. The molecule has 0 aromatic heterocycles. The molecule has 0 spiro atoms. The Morgan fingerprint density at radius 2 is 0.941 bits per heavy atom. The number of rotatable bonds is 1. The van der Waals surface area contributed by atoms with Gasteiger partial charge < -0.3 is 0 Å². The van der Waals surface area contributed by atoms with Gasteiger partial charge >= 0.3 is 0 Å². The smallest absolute Gasteiger partial charge is 0.0219 e. The van der Waals surface area contributed by atoms with Gasteiger partial charge in [0, 0.05) is 0 Å². The van der Waals surface area contributed by atoms with Gasteiger partial charge in [-0.05, 0) is 11.5 Å². The molecule has 0 radical (unpaired) electrons. The highest BCUT2D eigenvalue weighted by atomic mass is 17.0. The third-order valence-electron chi connectivity index (χ3n) is 2.13. The first-order chi connectivity index (χ1) is 8.30. The highest BCUT2D eigenvalue weighted by molar-refractivity contribution is 5.17. The van der Waals surface area contributed by atoms with Crippen molar-refractivity contribution in [1.82, 2.24) is 0 Å². The van der Waals surface area contributed by atoms with E-state index in [1.807, 2.05) is 42.5 Å². The maximum absolute atomic E-state index is 6.00. The Morgan fingerprint density at radius 3 is 1.18 bits per heavy atom. The normalized spacial score (nSPS) is 8.53. The fourth-order valence-electron chi connectivity index (χ4n) is 1.22. The molecule has 17 heavy (non-hydrogen) atoms. The molecule has 0 amide bonds. The van der Waals surface area contributed by atoms with E-state index in [1.54, 1.807) is 0 Å². The lowest BCUT2D eigenvalue weighted by Gasteiger charge is -2.01. The standard InChI is InChI=1S/C9H12.C6H6.H2O2/c1-8(2)9-6-4-3-5-7-9;1-2-4-6-5-3-1;1-2/h3-8H,1-2H3;1-6H;1-2H. The lowest BCUT2D eigenvalue weighted by Crippen LogP contribution is -1.83. The van der Waals surface area contributed by atoms with Crippen molar-refractivity contribution in [2.45, 2.75) is 19.8 Å². The van der Waals surface area contributed by atoms with E-state index in [4.69, 9.17) is 10.5 Å². The van der Waals surface area contributed by atoms with Crippen LogP contribution in [0.15, 0.2) is 66.7 Å². The SMILES string of the molecule is CC(C)c1ccccc1.OO.c1ccccc1. The molecule has 2 N–H and O–H groups in total. The summed E-state index contributed by atoms with van der Waals surface area (Å²) in [6.45, 7) is 4.41.